The third-order valence-corrected chi connectivity index (χ3v) is 1.92. The number of hydrogen-bond acceptors (Lipinski definition) is 5. The zero-order valence-corrected chi connectivity index (χ0v) is 8.34. The van der Waals surface area contributed by atoms with Crippen molar-refractivity contribution in [1.29, 1.82) is 0 Å². The maximum Gasteiger partial charge on any atom is 0.125 e. The van der Waals surface area contributed by atoms with Crippen LogP contribution in [-0.4, -0.2) is 43.6 Å². The molecule has 13 heavy (non-hydrogen) atoms. The summed E-state index contributed by atoms with van der Waals surface area (Å²) >= 11 is 0. The molecule has 0 aliphatic carbocycles. The predicted octanol–water partition coefficient (Wildman–Crippen LogP) is -1.82. The highest BCUT2D eigenvalue weighted by atomic mass is 16.3. The van der Waals surface area contributed by atoms with Crippen LogP contribution in [0, 0.1) is 0 Å². The Morgan fingerprint density at radius 1 is 1.23 bits per heavy atom. The quantitative estimate of drug-likeness (QED) is 0.330. The Bertz CT molecular complexity index is 97.2. The fourth-order valence-electron chi connectivity index (χ4n) is 0.748. The number of nitrogens with one attached hydrogen (secondary N) is 2. The lowest BCUT2D eigenvalue weighted by atomic mass is 10.2. The summed E-state index contributed by atoms with van der Waals surface area (Å²) in [5.74, 6) is 0. The van der Waals surface area contributed by atoms with Crippen molar-refractivity contribution in [2.75, 3.05) is 32.7 Å². The second-order valence-electron chi connectivity index (χ2n) is 3.16. The second kappa shape index (κ2) is 7.23. The van der Waals surface area contributed by atoms with Gasteiger partial charge in [-0.3, -0.25) is 0 Å². The van der Waals surface area contributed by atoms with E-state index in [1.807, 2.05) is 0 Å². The van der Waals surface area contributed by atoms with Crippen LogP contribution in [0.3, 0.4) is 0 Å². The van der Waals surface area contributed by atoms with Crippen molar-refractivity contribution >= 4 is 0 Å². The Labute approximate surface area is 79.9 Å². The molecule has 0 aromatic rings. The first-order valence-corrected chi connectivity index (χ1v) is 4.75. The van der Waals surface area contributed by atoms with Crippen molar-refractivity contribution in [1.82, 2.24) is 10.6 Å². The topological polar surface area (TPSA) is 96.3 Å². The van der Waals surface area contributed by atoms with Crippen molar-refractivity contribution < 1.29 is 5.11 Å². The lowest BCUT2D eigenvalue weighted by molar-refractivity contribution is 0.0522. The van der Waals surface area contributed by atoms with Gasteiger partial charge in [0.05, 0.1) is 0 Å². The van der Waals surface area contributed by atoms with E-state index in [4.69, 9.17) is 16.6 Å². The molecular weight excluding hydrogens is 168 g/mol. The maximum atomic E-state index is 8.78. The lowest BCUT2D eigenvalue weighted by Crippen LogP contribution is -2.45. The maximum absolute atomic E-state index is 8.78. The predicted molar refractivity (Wildman–Crippen MR) is 54.2 cm³/mol. The van der Waals surface area contributed by atoms with Crippen molar-refractivity contribution in [3.05, 3.63) is 0 Å². The fourth-order valence-corrected chi connectivity index (χ4v) is 0.748. The minimum atomic E-state index is -1.14. The first-order chi connectivity index (χ1) is 6.12. The van der Waals surface area contributed by atoms with Crippen molar-refractivity contribution in [2.24, 2.45) is 11.5 Å². The number of rotatable bonds is 2. The number of aliphatic hydroxyl groups is 1. The molecule has 0 amide bonds. The summed E-state index contributed by atoms with van der Waals surface area (Å²) in [6.07, 6.45) is 0.503. The average molecular weight is 190 g/mol. The van der Waals surface area contributed by atoms with E-state index in [1.165, 1.54) is 0 Å². The standard InChI is InChI=1S/C4H12N2O.C4H10N2/c1-2-4(6,7)3-5;1-2-6-4-3-5-1/h7H,2-3,5-6H2,1H3;5-6H,1-4H2. The SMILES string of the molecule is C1CNCCN1.CCC(N)(O)CN. The molecule has 1 atom stereocenters. The summed E-state index contributed by atoms with van der Waals surface area (Å²) in [4.78, 5) is 0. The minimum absolute atomic E-state index is 0.128. The Balaban J connectivity index is 0.000000223. The Hall–Kier alpha value is -0.200. The van der Waals surface area contributed by atoms with E-state index in [0.717, 1.165) is 26.2 Å². The largest absolute Gasteiger partial charge is 0.375 e. The van der Waals surface area contributed by atoms with E-state index in [1.54, 1.807) is 6.92 Å². The molecule has 80 valence electrons. The van der Waals surface area contributed by atoms with Gasteiger partial charge < -0.3 is 27.2 Å². The van der Waals surface area contributed by atoms with Gasteiger partial charge in [0.1, 0.15) is 5.72 Å². The van der Waals surface area contributed by atoms with Crippen LogP contribution in [0.5, 0.6) is 0 Å². The van der Waals surface area contributed by atoms with Gasteiger partial charge in [0.2, 0.25) is 0 Å². The first-order valence-electron chi connectivity index (χ1n) is 4.75. The molecule has 1 fully saturated rings. The molecule has 0 radical (unpaired) electrons. The van der Waals surface area contributed by atoms with E-state index >= 15 is 0 Å². The van der Waals surface area contributed by atoms with Gasteiger partial charge in [-0.25, -0.2) is 0 Å². The van der Waals surface area contributed by atoms with Gasteiger partial charge in [-0.05, 0) is 6.42 Å². The number of piperazine rings is 1. The summed E-state index contributed by atoms with van der Waals surface area (Å²) in [6, 6.07) is 0. The van der Waals surface area contributed by atoms with Crippen LogP contribution >= 0.6 is 0 Å². The van der Waals surface area contributed by atoms with Crippen LogP contribution in [0.4, 0.5) is 0 Å². The van der Waals surface area contributed by atoms with Crippen LogP contribution in [0.2, 0.25) is 0 Å². The van der Waals surface area contributed by atoms with Crippen LogP contribution in [0.25, 0.3) is 0 Å². The third kappa shape index (κ3) is 8.14. The number of nitrogens with two attached hydrogens (primary N) is 2. The molecule has 1 rings (SSSR count). The lowest BCUT2D eigenvalue weighted by Gasteiger charge is -2.17. The van der Waals surface area contributed by atoms with Crippen LogP contribution in [0.1, 0.15) is 13.3 Å². The van der Waals surface area contributed by atoms with Gasteiger partial charge in [0.25, 0.3) is 0 Å². The van der Waals surface area contributed by atoms with Crippen molar-refractivity contribution in [3.63, 3.8) is 0 Å². The molecule has 7 N–H and O–H groups in total. The Morgan fingerprint density at radius 2 is 1.62 bits per heavy atom. The average Bonchev–Trinajstić information content (AvgIpc) is 2.21. The van der Waals surface area contributed by atoms with E-state index in [-0.39, 0.29) is 6.54 Å². The normalized spacial score (nSPS) is 21.2. The molecule has 5 nitrogen and oxygen atoms in total. The van der Waals surface area contributed by atoms with Gasteiger partial charge in [-0.1, -0.05) is 6.92 Å². The molecule has 1 unspecified atom stereocenters. The second-order valence-corrected chi connectivity index (χ2v) is 3.16. The van der Waals surface area contributed by atoms with Gasteiger partial charge >= 0.3 is 0 Å². The van der Waals surface area contributed by atoms with Gasteiger partial charge in [0, 0.05) is 32.7 Å². The summed E-state index contributed by atoms with van der Waals surface area (Å²) in [6.45, 7) is 6.47. The van der Waals surface area contributed by atoms with Gasteiger partial charge in [-0.2, -0.15) is 0 Å². The highest BCUT2D eigenvalue weighted by Crippen LogP contribution is 1.94. The molecule has 1 aliphatic heterocycles. The Kier molecular flexibility index (Phi) is 7.12. The summed E-state index contributed by atoms with van der Waals surface area (Å²) in [5.41, 5.74) is 9.05. The number of hydrogen-bond donors (Lipinski definition) is 5. The monoisotopic (exact) mass is 190 g/mol. The zero-order chi connectivity index (χ0) is 10.2. The molecule has 1 aliphatic rings. The smallest absolute Gasteiger partial charge is 0.125 e. The van der Waals surface area contributed by atoms with Crippen LogP contribution in [0.15, 0.2) is 0 Å². The van der Waals surface area contributed by atoms with Gasteiger partial charge in [-0.15, -0.1) is 0 Å². The fraction of sp³-hybridized carbons (Fsp3) is 1.00. The molecule has 0 saturated carbocycles. The highest BCUT2D eigenvalue weighted by molar-refractivity contribution is 4.67. The molecule has 0 aromatic heterocycles. The zero-order valence-electron chi connectivity index (χ0n) is 8.34. The molecule has 5 heteroatoms. The summed E-state index contributed by atoms with van der Waals surface area (Å²) < 4.78 is 0. The first kappa shape index (κ1) is 12.8. The minimum Gasteiger partial charge on any atom is -0.375 e. The van der Waals surface area contributed by atoms with Crippen molar-refractivity contribution in [2.45, 2.75) is 19.1 Å². The summed E-state index contributed by atoms with van der Waals surface area (Å²) in [5, 5.41) is 15.2. The molecule has 0 bridgehead atoms. The molecule has 0 spiro atoms. The highest BCUT2D eigenvalue weighted by Gasteiger charge is 2.13. The van der Waals surface area contributed by atoms with Crippen LogP contribution < -0.4 is 22.1 Å². The van der Waals surface area contributed by atoms with E-state index < -0.39 is 5.72 Å². The molecule has 0 aromatic carbocycles. The van der Waals surface area contributed by atoms with E-state index in [0.29, 0.717) is 6.42 Å². The van der Waals surface area contributed by atoms with Crippen LogP contribution in [-0.2, 0) is 0 Å². The Morgan fingerprint density at radius 3 is 1.69 bits per heavy atom. The van der Waals surface area contributed by atoms with E-state index in [2.05, 4.69) is 10.6 Å². The summed E-state index contributed by atoms with van der Waals surface area (Å²) in [7, 11) is 0. The van der Waals surface area contributed by atoms with E-state index in [9.17, 15) is 0 Å². The molecular formula is C8H22N4O. The third-order valence-electron chi connectivity index (χ3n) is 1.92. The molecule has 1 heterocycles. The van der Waals surface area contributed by atoms with Gasteiger partial charge in [0.15, 0.2) is 0 Å². The van der Waals surface area contributed by atoms with Crippen molar-refractivity contribution in [3.8, 4) is 0 Å². The molecule has 1 saturated heterocycles.